The fourth-order valence-electron chi connectivity index (χ4n) is 5.46. The average Bonchev–Trinajstić information content (AvgIpc) is 3.39. The van der Waals surface area contributed by atoms with Gasteiger partial charge < -0.3 is 30.4 Å². The zero-order valence-electron chi connectivity index (χ0n) is 23.5. The Morgan fingerprint density at radius 1 is 0.929 bits per heavy atom. The van der Waals surface area contributed by atoms with Gasteiger partial charge in [0.2, 0.25) is 0 Å². The topological polar surface area (TPSA) is 116 Å². The second-order valence-corrected chi connectivity index (χ2v) is 10.6. The lowest BCUT2D eigenvalue weighted by Gasteiger charge is -2.36. The maximum absolute atomic E-state index is 12.4. The summed E-state index contributed by atoms with van der Waals surface area (Å²) in [6.45, 7) is 1.54. The van der Waals surface area contributed by atoms with Crippen LogP contribution in [0.1, 0.15) is 30.0 Å². The molecule has 2 aromatic heterocycles. The lowest BCUT2D eigenvalue weighted by molar-refractivity contribution is 0.192. The smallest absolute Gasteiger partial charge is 0.315 e. The Bertz CT molecular complexity index is 1660. The Kier molecular flexibility index (Phi) is 7.89. The van der Waals surface area contributed by atoms with Gasteiger partial charge in [-0.2, -0.15) is 0 Å². The second kappa shape index (κ2) is 12.2. The molecular weight excluding hydrogens is 528 g/mol. The van der Waals surface area contributed by atoms with Gasteiger partial charge in [0.15, 0.2) is 0 Å². The van der Waals surface area contributed by atoms with Gasteiger partial charge in [0, 0.05) is 36.5 Å². The summed E-state index contributed by atoms with van der Waals surface area (Å²) in [5.41, 5.74) is 11.2. The molecule has 0 spiro atoms. The standard InChI is InChI=1S/C33H34N6O3/c1-41-26-13-11-22(12-14-26)17-35-33(40)36-18-24-15-25(16-24)39-19-28(30-31(34)37-21-38-32(30)39)27-9-5-6-10-29(27)42-20-23-7-3-2-4-8-23/h2-14,19,21,24-25H,15-18,20H2,1H3,(H2,34,37,38)(H2,35,36,40). The molecule has 2 heterocycles. The highest BCUT2D eigenvalue weighted by atomic mass is 16.5. The SMILES string of the molecule is COc1ccc(CNC(=O)NCC2CC(n3cc(-c4ccccc4OCc4ccccc4)c4c(N)ncnc43)C2)cc1. The number of hydrogen-bond donors (Lipinski definition) is 3. The van der Waals surface area contributed by atoms with Crippen molar-refractivity contribution in [2.45, 2.75) is 32.0 Å². The molecule has 9 nitrogen and oxygen atoms in total. The number of urea groups is 1. The molecule has 9 heteroatoms. The molecule has 0 radical (unpaired) electrons. The number of anilines is 1. The Morgan fingerprint density at radius 3 is 2.48 bits per heavy atom. The Hall–Kier alpha value is -5.05. The van der Waals surface area contributed by atoms with Crippen molar-refractivity contribution in [2.24, 2.45) is 5.92 Å². The number of hydrogen-bond acceptors (Lipinski definition) is 6. The largest absolute Gasteiger partial charge is 0.497 e. The molecule has 214 valence electrons. The van der Waals surface area contributed by atoms with E-state index in [9.17, 15) is 4.79 Å². The fraction of sp³-hybridized carbons (Fsp3) is 0.242. The van der Waals surface area contributed by atoms with Crippen LogP contribution >= 0.6 is 0 Å². The zero-order chi connectivity index (χ0) is 28.9. The number of aromatic nitrogens is 3. The van der Waals surface area contributed by atoms with E-state index in [0.29, 0.717) is 31.4 Å². The van der Waals surface area contributed by atoms with Crippen molar-refractivity contribution in [2.75, 3.05) is 19.4 Å². The summed E-state index contributed by atoms with van der Waals surface area (Å²) in [7, 11) is 1.63. The number of nitrogens with two attached hydrogens (primary N) is 1. The van der Waals surface area contributed by atoms with Crippen LogP contribution in [0.25, 0.3) is 22.2 Å². The summed E-state index contributed by atoms with van der Waals surface area (Å²) in [5, 5.41) is 6.76. The van der Waals surface area contributed by atoms with E-state index in [1.54, 1.807) is 7.11 Å². The fourth-order valence-corrected chi connectivity index (χ4v) is 5.46. The summed E-state index contributed by atoms with van der Waals surface area (Å²) in [5.74, 6) is 2.39. The highest BCUT2D eigenvalue weighted by Gasteiger charge is 2.33. The molecule has 0 aliphatic heterocycles. The summed E-state index contributed by atoms with van der Waals surface area (Å²) < 4.78 is 13.7. The second-order valence-electron chi connectivity index (χ2n) is 10.6. The molecule has 42 heavy (non-hydrogen) atoms. The first-order chi connectivity index (χ1) is 20.6. The highest BCUT2D eigenvalue weighted by Crippen LogP contribution is 2.44. The van der Waals surface area contributed by atoms with Gasteiger partial charge in [-0.1, -0.05) is 60.7 Å². The van der Waals surface area contributed by atoms with Crippen LogP contribution in [-0.2, 0) is 13.2 Å². The van der Waals surface area contributed by atoms with E-state index in [2.05, 4.69) is 31.4 Å². The number of methoxy groups -OCH3 is 1. The number of carbonyl (C=O) groups excluding carboxylic acids is 1. The van der Waals surface area contributed by atoms with E-state index in [1.807, 2.05) is 78.9 Å². The first-order valence-corrected chi connectivity index (χ1v) is 14.1. The maximum atomic E-state index is 12.4. The number of nitrogens with one attached hydrogen (secondary N) is 2. The van der Waals surface area contributed by atoms with E-state index in [4.69, 9.17) is 15.2 Å². The van der Waals surface area contributed by atoms with Gasteiger partial charge in [-0.25, -0.2) is 14.8 Å². The molecule has 1 saturated carbocycles. The van der Waals surface area contributed by atoms with Crippen molar-refractivity contribution in [1.82, 2.24) is 25.2 Å². The molecule has 4 N–H and O–H groups in total. The van der Waals surface area contributed by atoms with Gasteiger partial charge in [-0.05, 0) is 48.1 Å². The van der Waals surface area contributed by atoms with Crippen LogP contribution in [-0.4, -0.2) is 34.2 Å². The van der Waals surface area contributed by atoms with Gasteiger partial charge in [0.25, 0.3) is 0 Å². The molecule has 0 saturated heterocycles. The van der Waals surface area contributed by atoms with Gasteiger partial charge in [0.1, 0.15) is 35.9 Å². The van der Waals surface area contributed by atoms with Crippen molar-refractivity contribution in [3.8, 4) is 22.6 Å². The number of nitrogens with zero attached hydrogens (tertiary/aromatic N) is 3. The van der Waals surface area contributed by atoms with Gasteiger partial charge in [-0.3, -0.25) is 0 Å². The van der Waals surface area contributed by atoms with Crippen LogP contribution < -0.4 is 25.8 Å². The van der Waals surface area contributed by atoms with Gasteiger partial charge in [-0.15, -0.1) is 0 Å². The van der Waals surface area contributed by atoms with Crippen LogP contribution in [0, 0.1) is 5.92 Å². The minimum Gasteiger partial charge on any atom is -0.497 e. The minimum absolute atomic E-state index is 0.171. The van der Waals surface area contributed by atoms with Crippen molar-refractivity contribution >= 4 is 22.9 Å². The first kappa shape index (κ1) is 27.1. The van der Waals surface area contributed by atoms with Crippen LogP contribution in [0.5, 0.6) is 11.5 Å². The lowest BCUT2D eigenvalue weighted by atomic mass is 9.80. The van der Waals surface area contributed by atoms with Crippen molar-refractivity contribution in [3.05, 3.63) is 103 Å². The van der Waals surface area contributed by atoms with Crippen LogP contribution in [0.15, 0.2) is 91.4 Å². The molecule has 1 aliphatic carbocycles. The lowest BCUT2D eigenvalue weighted by Crippen LogP contribution is -2.41. The van der Waals surface area contributed by atoms with Gasteiger partial charge in [0.05, 0.1) is 12.5 Å². The third-order valence-electron chi connectivity index (χ3n) is 7.82. The van der Waals surface area contributed by atoms with Crippen LogP contribution in [0.4, 0.5) is 10.6 Å². The summed E-state index contributed by atoms with van der Waals surface area (Å²) in [6, 6.07) is 25.8. The molecule has 1 fully saturated rings. The number of amides is 2. The van der Waals surface area contributed by atoms with Crippen molar-refractivity contribution in [1.29, 1.82) is 0 Å². The minimum atomic E-state index is -0.171. The summed E-state index contributed by atoms with van der Waals surface area (Å²) in [4.78, 5) is 21.3. The average molecular weight is 563 g/mol. The predicted molar refractivity (Wildman–Crippen MR) is 163 cm³/mol. The number of fused-ring (bicyclic) bond motifs is 1. The van der Waals surface area contributed by atoms with E-state index < -0.39 is 0 Å². The number of benzene rings is 3. The van der Waals surface area contributed by atoms with Crippen LogP contribution in [0.2, 0.25) is 0 Å². The van der Waals surface area contributed by atoms with E-state index in [-0.39, 0.29) is 12.1 Å². The molecule has 0 bridgehead atoms. The number of nitrogen functional groups attached to an aromatic ring is 1. The number of para-hydroxylation sites is 1. The molecule has 2 amide bonds. The monoisotopic (exact) mass is 562 g/mol. The maximum Gasteiger partial charge on any atom is 0.315 e. The highest BCUT2D eigenvalue weighted by molar-refractivity contribution is 6.01. The summed E-state index contributed by atoms with van der Waals surface area (Å²) >= 11 is 0. The molecule has 1 aliphatic rings. The predicted octanol–water partition coefficient (Wildman–Crippen LogP) is 5.72. The molecule has 6 rings (SSSR count). The molecule has 0 unspecified atom stereocenters. The zero-order valence-corrected chi connectivity index (χ0v) is 23.5. The third-order valence-corrected chi connectivity index (χ3v) is 7.82. The first-order valence-electron chi connectivity index (χ1n) is 14.1. The Morgan fingerprint density at radius 2 is 1.69 bits per heavy atom. The van der Waals surface area contributed by atoms with E-state index in [1.165, 1.54) is 6.33 Å². The Balaban J connectivity index is 1.11. The number of carbonyl (C=O) groups is 1. The number of ether oxygens (including phenoxy) is 2. The van der Waals surface area contributed by atoms with E-state index in [0.717, 1.165) is 57.6 Å². The molecule has 0 atom stereocenters. The third kappa shape index (κ3) is 5.85. The van der Waals surface area contributed by atoms with Gasteiger partial charge >= 0.3 is 6.03 Å². The molecular formula is C33H34N6O3. The van der Waals surface area contributed by atoms with Crippen LogP contribution in [0.3, 0.4) is 0 Å². The molecule has 5 aromatic rings. The summed E-state index contributed by atoms with van der Waals surface area (Å²) in [6.07, 6.45) is 5.49. The van der Waals surface area contributed by atoms with E-state index >= 15 is 0 Å². The number of rotatable bonds is 10. The molecule has 3 aromatic carbocycles. The normalized spacial score (nSPS) is 16.0. The quantitative estimate of drug-likeness (QED) is 0.201. The van der Waals surface area contributed by atoms with Crippen molar-refractivity contribution in [3.63, 3.8) is 0 Å². The Labute approximate surface area is 244 Å². The van der Waals surface area contributed by atoms with Crippen molar-refractivity contribution < 1.29 is 14.3 Å².